The van der Waals surface area contributed by atoms with E-state index in [1.165, 1.54) is 12.8 Å². The minimum atomic E-state index is -0.402. The number of amides is 1. The lowest BCUT2D eigenvalue weighted by Crippen LogP contribution is -2.49. The average Bonchev–Trinajstić information content (AvgIpc) is 3.07. The van der Waals surface area contributed by atoms with Crippen LogP contribution in [0.4, 0.5) is 4.79 Å². The summed E-state index contributed by atoms with van der Waals surface area (Å²) in [5.74, 6) is 0. The van der Waals surface area contributed by atoms with Crippen molar-refractivity contribution < 1.29 is 9.53 Å². The van der Waals surface area contributed by atoms with Crippen molar-refractivity contribution in [1.82, 2.24) is 10.2 Å². The molecule has 1 aliphatic heterocycles. The van der Waals surface area contributed by atoms with Crippen molar-refractivity contribution in [3.63, 3.8) is 0 Å². The van der Waals surface area contributed by atoms with Crippen molar-refractivity contribution in [2.75, 3.05) is 13.1 Å². The summed E-state index contributed by atoms with van der Waals surface area (Å²) in [5.41, 5.74) is 0.115. The van der Waals surface area contributed by atoms with E-state index in [2.05, 4.69) is 19.2 Å². The summed E-state index contributed by atoms with van der Waals surface area (Å²) in [5, 5.41) is 3.75. The van der Waals surface area contributed by atoms with Gasteiger partial charge in [-0.1, -0.05) is 6.92 Å². The highest BCUT2D eigenvalue weighted by atomic mass is 16.6. The molecule has 1 saturated heterocycles. The standard InChI is InChI=1S/C16H30N2O2/c1-12(16(5)8-9-16)17-13-6-10-18(11-7-13)14(19)20-15(2,3)4/h12-13,17H,6-11H2,1-5H3. The molecule has 1 unspecified atom stereocenters. The van der Waals surface area contributed by atoms with E-state index < -0.39 is 5.60 Å². The Hall–Kier alpha value is -0.770. The van der Waals surface area contributed by atoms with Gasteiger partial charge >= 0.3 is 6.09 Å². The molecule has 0 radical (unpaired) electrons. The highest BCUT2D eigenvalue weighted by molar-refractivity contribution is 5.68. The molecular weight excluding hydrogens is 252 g/mol. The van der Waals surface area contributed by atoms with Gasteiger partial charge in [0.1, 0.15) is 5.60 Å². The Bertz CT molecular complexity index is 350. The van der Waals surface area contributed by atoms with Crippen molar-refractivity contribution in [2.45, 2.75) is 78.0 Å². The predicted octanol–water partition coefficient (Wildman–Crippen LogP) is 3.16. The third kappa shape index (κ3) is 4.11. The van der Waals surface area contributed by atoms with Crippen molar-refractivity contribution in [1.29, 1.82) is 0 Å². The Morgan fingerprint density at radius 3 is 2.30 bits per heavy atom. The van der Waals surface area contributed by atoms with Crippen molar-refractivity contribution >= 4 is 6.09 Å². The molecule has 2 aliphatic rings. The summed E-state index contributed by atoms with van der Waals surface area (Å²) in [7, 11) is 0. The van der Waals surface area contributed by atoms with Crippen LogP contribution in [0.25, 0.3) is 0 Å². The summed E-state index contributed by atoms with van der Waals surface area (Å²) in [4.78, 5) is 13.8. The van der Waals surface area contributed by atoms with E-state index in [0.717, 1.165) is 25.9 Å². The number of hydrogen-bond donors (Lipinski definition) is 1. The van der Waals surface area contributed by atoms with Gasteiger partial charge in [0.05, 0.1) is 0 Å². The van der Waals surface area contributed by atoms with E-state index in [4.69, 9.17) is 4.74 Å². The van der Waals surface area contributed by atoms with E-state index in [0.29, 0.717) is 17.5 Å². The molecule has 0 bridgehead atoms. The fourth-order valence-electron chi connectivity index (χ4n) is 2.74. The number of carbonyl (C=O) groups excluding carboxylic acids is 1. The summed E-state index contributed by atoms with van der Waals surface area (Å²) in [6.45, 7) is 12.0. The molecule has 1 heterocycles. The fourth-order valence-corrected chi connectivity index (χ4v) is 2.74. The summed E-state index contributed by atoms with van der Waals surface area (Å²) in [6, 6.07) is 1.13. The SMILES string of the molecule is CC(NC1CCN(C(=O)OC(C)(C)C)CC1)C1(C)CC1. The van der Waals surface area contributed by atoms with E-state index in [1.807, 2.05) is 25.7 Å². The monoisotopic (exact) mass is 282 g/mol. The van der Waals surface area contributed by atoms with Crippen molar-refractivity contribution in [3.05, 3.63) is 0 Å². The van der Waals surface area contributed by atoms with Crippen LogP contribution in [0.2, 0.25) is 0 Å². The second-order valence-electron chi connectivity index (χ2n) is 7.78. The quantitative estimate of drug-likeness (QED) is 0.864. The van der Waals surface area contributed by atoms with Gasteiger partial charge in [0.25, 0.3) is 0 Å². The maximum absolute atomic E-state index is 12.0. The summed E-state index contributed by atoms with van der Waals surface area (Å²) >= 11 is 0. The largest absolute Gasteiger partial charge is 0.444 e. The number of rotatable bonds is 3. The zero-order valence-electron chi connectivity index (χ0n) is 13.7. The summed E-state index contributed by atoms with van der Waals surface area (Å²) in [6.07, 6.45) is 4.58. The van der Waals surface area contributed by atoms with Gasteiger partial charge in [-0.25, -0.2) is 4.79 Å². The Morgan fingerprint density at radius 2 is 1.85 bits per heavy atom. The third-order valence-corrected chi connectivity index (χ3v) is 4.72. The highest BCUT2D eigenvalue weighted by Gasteiger charge is 2.43. The van der Waals surface area contributed by atoms with E-state index in [1.54, 1.807) is 0 Å². The lowest BCUT2D eigenvalue weighted by atomic mass is 9.97. The molecule has 0 aromatic heterocycles. The Labute approximate surface area is 123 Å². The van der Waals surface area contributed by atoms with Crippen LogP contribution in [-0.4, -0.2) is 41.8 Å². The Morgan fingerprint density at radius 1 is 1.30 bits per heavy atom. The molecule has 1 saturated carbocycles. The normalized spacial score (nSPS) is 24.4. The van der Waals surface area contributed by atoms with Gasteiger partial charge in [-0.05, 0) is 58.8 Å². The average molecular weight is 282 g/mol. The Balaban J connectivity index is 1.73. The number of hydrogen-bond acceptors (Lipinski definition) is 3. The molecule has 1 aliphatic carbocycles. The number of nitrogens with zero attached hydrogens (tertiary/aromatic N) is 1. The van der Waals surface area contributed by atoms with E-state index in [9.17, 15) is 4.79 Å². The molecule has 4 nitrogen and oxygen atoms in total. The molecule has 4 heteroatoms. The summed E-state index contributed by atoms with van der Waals surface area (Å²) < 4.78 is 5.42. The van der Waals surface area contributed by atoms with Crippen molar-refractivity contribution in [3.8, 4) is 0 Å². The number of ether oxygens (including phenoxy) is 1. The maximum atomic E-state index is 12.0. The van der Waals surface area contributed by atoms with Crippen LogP contribution in [-0.2, 0) is 4.74 Å². The molecule has 0 aromatic rings. The lowest BCUT2D eigenvalue weighted by molar-refractivity contribution is 0.0194. The first-order chi connectivity index (χ1) is 9.20. The van der Waals surface area contributed by atoms with Gasteiger partial charge < -0.3 is 15.0 Å². The minimum Gasteiger partial charge on any atom is -0.444 e. The minimum absolute atomic E-state index is 0.168. The number of nitrogens with one attached hydrogen (secondary N) is 1. The first-order valence-electron chi connectivity index (χ1n) is 7.94. The number of carbonyl (C=O) groups is 1. The molecule has 1 atom stereocenters. The molecule has 20 heavy (non-hydrogen) atoms. The van der Waals surface area contributed by atoms with Crippen LogP contribution in [0.3, 0.4) is 0 Å². The van der Waals surface area contributed by atoms with Crippen LogP contribution < -0.4 is 5.32 Å². The number of likely N-dealkylation sites (tertiary alicyclic amines) is 1. The smallest absolute Gasteiger partial charge is 0.410 e. The zero-order valence-corrected chi connectivity index (χ0v) is 13.7. The first kappa shape index (κ1) is 15.6. The number of piperidine rings is 1. The van der Waals surface area contributed by atoms with Crippen LogP contribution >= 0.6 is 0 Å². The topological polar surface area (TPSA) is 41.6 Å². The molecule has 116 valence electrons. The molecule has 0 spiro atoms. The van der Waals surface area contributed by atoms with Gasteiger partial charge in [-0.15, -0.1) is 0 Å². The fraction of sp³-hybridized carbons (Fsp3) is 0.938. The molecule has 0 aromatic carbocycles. The second kappa shape index (κ2) is 5.55. The van der Waals surface area contributed by atoms with Crippen LogP contribution in [0.5, 0.6) is 0 Å². The second-order valence-corrected chi connectivity index (χ2v) is 7.78. The van der Waals surface area contributed by atoms with Crippen LogP contribution in [0.1, 0.15) is 60.3 Å². The van der Waals surface area contributed by atoms with E-state index in [-0.39, 0.29) is 6.09 Å². The highest BCUT2D eigenvalue weighted by Crippen LogP contribution is 2.48. The molecule has 1 amide bonds. The lowest BCUT2D eigenvalue weighted by Gasteiger charge is -2.36. The zero-order chi connectivity index (χ0) is 15.0. The molecule has 1 N–H and O–H groups in total. The van der Waals surface area contributed by atoms with Crippen LogP contribution in [0.15, 0.2) is 0 Å². The molecule has 2 fully saturated rings. The molecular formula is C16H30N2O2. The third-order valence-electron chi connectivity index (χ3n) is 4.72. The predicted molar refractivity (Wildman–Crippen MR) is 80.8 cm³/mol. The van der Waals surface area contributed by atoms with Gasteiger partial charge in [0.15, 0.2) is 0 Å². The van der Waals surface area contributed by atoms with Crippen LogP contribution in [0, 0.1) is 5.41 Å². The van der Waals surface area contributed by atoms with Crippen molar-refractivity contribution in [2.24, 2.45) is 5.41 Å². The Kier molecular flexibility index (Phi) is 4.33. The maximum Gasteiger partial charge on any atom is 0.410 e. The van der Waals surface area contributed by atoms with Gasteiger partial charge in [0, 0.05) is 25.2 Å². The van der Waals surface area contributed by atoms with Gasteiger partial charge in [0.2, 0.25) is 0 Å². The van der Waals surface area contributed by atoms with Gasteiger partial charge in [-0.2, -0.15) is 0 Å². The molecule has 2 rings (SSSR count). The first-order valence-corrected chi connectivity index (χ1v) is 7.94. The van der Waals surface area contributed by atoms with Gasteiger partial charge in [-0.3, -0.25) is 0 Å². The van der Waals surface area contributed by atoms with E-state index >= 15 is 0 Å².